The third-order valence-corrected chi connectivity index (χ3v) is 2.55. The van der Waals surface area contributed by atoms with E-state index in [2.05, 4.69) is 17.5 Å². The number of aryl methyl sites for hydroxylation is 1. The fourth-order valence-corrected chi connectivity index (χ4v) is 1.50. The van der Waals surface area contributed by atoms with Crippen LogP contribution in [0.5, 0.6) is 5.75 Å². The number of hydrogen-bond acceptors (Lipinski definition) is 3. The molecule has 0 amide bonds. The average Bonchev–Trinajstić information content (AvgIpc) is 2.30. The smallest absolute Gasteiger partial charge is 0.122 e. The van der Waals surface area contributed by atoms with Gasteiger partial charge >= 0.3 is 0 Å². The summed E-state index contributed by atoms with van der Waals surface area (Å²) in [5, 5.41) is 12.1. The Morgan fingerprint density at radius 1 is 1.41 bits per heavy atom. The van der Waals surface area contributed by atoms with Gasteiger partial charge in [-0.25, -0.2) is 0 Å². The Bertz CT molecular complexity index is 419. The summed E-state index contributed by atoms with van der Waals surface area (Å²) in [4.78, 5) is 0. The number of ether oxygens (including phenoxy) is 1. The van der Waals surface area contributed by atoms with Crippen LogP contribution in [0.15, 0.2) is 18.2 Å². The second-order valence-corrected chi connectivity index (χ2v) is 4.62. The van der Waals surface area contributed by atoms with Crippen molar-refractivity contribution in [3.05, 3.63) is 29.3 Å². The average molecular weight is 232 g/mol. The highest BCUT2D eigenvalue weighted by Gasteiger charge is 2.14. The first-order chi connectivity index (χ1) is 7.98. The Hall–Kier alpha value is -1.53. The molecule has 1 aromatic rings. The van der Waals surface area contributed by atoms with Crippen molar-refractivity contribution in [3.63, 3.8) is 0 Å². The van der Waals surface area contributed by atoms with Crippen molar-refractivity contribution in [1.82, 2.24) is 5.32 Å². The van der Waals surface area contributed by atoms with Gasteiger partial charge in [0.05, 0.1) is 12.7 Å². The Kier molecular flexibility index (Phi) is 4.53. The van der Waals surface area contributed by atoms with Gasteiger partial charge < -0.3 is 4.74 Å². The first kappa shape index (κ1) is 13.5. The van der Waals surface area contributed by atoms with Gasteiger partial charge in [-0.1, -0.05) is 12.1 Å². The molecule has 0 saturated carbocycles. The van der Waals surface area contributed by atoms with Crippen LogP contribution >= 0.6 is 0 Å². The topological polar surface area (TPSA) is 45.0 Å². The molecule has 17 heavy (non-hydrogen) atoms. The van der Waals surface area contributed by atoms with Crippen molar-refractivity contribution in [2.24, 2.45) is 0 Å². The fourth-order valence-electron chi connectivity index (χ4n) is 1.50. The highest BCUT2D eigenvalue weighted by Crippen LogP contribution is 2.19. The highest BCUT2D eigenvalue weighted by molar-refractivity contribution is 5.36. The van der Waals surface area contributed by atoms with Gasteiger partial charge in [-0.15, -0.1) is 0 Å². The van der Waals surface area contributed by atoms with Crippen LogP contribution in [0.3, 0.4) is 0 Å². The van der Waals surface area contributed by atoms with Gasteiger partial charge in [0.25, 0.3) is 0 Å². The van der Waals surface area contributed by atoms with Crippen LogP contribution < -0.4 is 10.1 Å². The summed E-state index contributed by atoms with van der Waals surface area (Å²) in [6.45, 7) is 9.12. The summed E-state index contributed by atoms with van der Waals surface area (Å²) in [6.07, 6.45) is 0. The molecule has 1 aromatic carbocycles. The van der Waals surface area contributed by atoms with Crippen LogP contribution in [0.4, 0.5) is 0 Å². The highest BCUT2D eigenvalue weighted by atomic mass is 16.5. The van der Waals surface area contributed by atoms with Gasteiger partial charge in [0.15, 0.2) is 0 Å². The quantitative estimate of drug-likeness (QED) is 0.849. The molecule has 3 heteroatoms. The third kappa shape index (κ3) is 4.08. The molecule has 92 valence electrons. The maximum Gasteiger partial charge on any atom is 0.122 e. The molecule has 0 atom stereocenters. The summed E-state index contributed by atoms with van der Waals surface area (Å²) in [5.41, 5.74) is 1.79. The molecule has 0 heterocycles. The number of rotatable bonds is 5. The van der Waals surface area contributed by atoms with E-state index in [9.17, 15) is 0 Å². The van der Waals surface area contributed by atoms with E-state index in [1.807, 2.05) is 39.8 Å². The van der Waals surface area contributed by atoms with Crippen molar-refractivity contribution in [2.75, 3.05) is 6.61 Å². The van der Waals surface area contributed by atoms with Crippen molar-refractivity contribution in [3.8, 4) is 11.8 Å². The Labute approximate surface area is 103 Å². The van der Waals surface area contributed by atoms with Gasteiger partial charge in [0.2, 0.25) is 0 Å². The molecule has 3 nitrogen and oxygen atoms in total. The minimum absolute atomic E-state index is 0.494. The maximum atomic E-state index is 8.91. The van der Waals surface area contributed by atoms with E-state index in [0.29, 0.717) is 13.2 Å². The molecular formula is C14H20N2O. The normalized spacial score (nSPS) is 11.0. The monoisotopic (exact) mass is 232 g/mol. The van der Waals surface area contributed by atoms with Crippen LogP contribution in [-0.4, -0.2) is 12.1 Å². The Morgan fingerprint density at radius 3 is 2.65 bits per heavy atom. The molecule has 0 aliphatic heterocycles. The van der Waals surface area contributed by atoms with Crippen LogP contribution in [0.2, 0.25) is 0 Å². The van der Waals surface area contributed by atoms with E-state index in [1.54, 1.807) is 0 Å². The number of nitriles is 1. The minimum atomic E-state index is -0.494. The second-order valence-electron chi connectivity index (χ2n) is 4.62. The summed E-state index contributed by atoms with van der Waals surface area (Å²) in [6, 6.07) is 8.32. The molecule has 1 N–H and O–H groups in total. The largest absolute Gasteiger partial charge is 0.494 e. The zero-order valence-corrected chi connectivity index (χ0v) is 11.0. The molecule has 0 radical (unpaired) electrons. The minimum Gasteiger partial charge on any atom is -0.494 e. The van der Waals surface area contributed by atoms with Gasteiger partial charge in [0.1, 0.15) is 11.3 Å². The van der Waals surface area contributed by atoms with Crippen molar-refractivity contribution in [2.45, 2.75) is 39.8 Å². The maximum absolute atomic E-state index is 8.91. The van der Waals surface area contributed by atoms with Gasteiger partial charge in [0, 0.05) is 6.54 Å². The molecule has 0 spiro atoms. The summed E-state index contributed by atoms with van der Waals surface area (Å²) >= 11 is 0. The molecule has 0 saturated heterocycles. The van der Waals surface area contributed by atoms with E-state index >= 15 is 0 Å². The predicted octanol–water partition coefficient (Wildman–Crippen LogP) is 2.79. The number of nitrogens with one attached hydrogen (secondary N) is 1. The van der Waals surface area contributed by atoms with Crippen LogP contribution in [-0.2, 0) is 6.54 Å². The SMILES string of the molecule is CCOc1ccc(CNC(C)(C)C#N)cc1C. The lowest BCUT2D eigenvalue weighted by atomic mass is 10.1. The zero-order chi connectivity index (χ0) is 12.9. The van der Waals surface area contributed by atoms with E-state index < -0.39 is 5.54 Å². The van der Waals surface area contributed by atoms with Crippen LogP contribution in [0, 0.1) is 18.3 Å². The lowest BCUT2D eigenvalue weighted by Crippen LogP contribution is -2.36. The van der Waals surface area contributed by atoms with Gasteiger partial charge in [-0.3, -0.25) is 5.32 Å². The van der Waals surface area contributed by atoms with Crippen molar-refractivity contribution < 1.29 is 4.74 Å². The number of hydrogen-bond donors (Lipinski definition) is 1. The summed E-state index contributed by atoms with van der Waals surface area (Å²) < 4.78 is 5.49. The molecule has 0 bridgehead atoms. The lowest BCUT2D eigenvalue weighted by Gasteiger charge is -2.18. The molecular weight excluding hydrogens is 212 g/mol. The van der Waals surface area contributed by atoms with Gasteiger partial charge in [-0.2, -0.15) is 5.26 Å². The van der Waals surface area contributed by atoms with Crippen LogP contribution in [0.25, 0.3) is 0 Å². The van der Waals surface area contributed by atoms with E-state index in [-0.39, 0.29) is 0 Å². The fraction of sp³-hybridized carbons (Fsp3) is 0.500. The number of benzene rings is 1. The van der Waals surface area contributed by atoms with Gasteiger partial charge in [-0.05, 0) is 44.9 Å². The first-order valence-electron chi connectivity index (χ1n) is 5.87. The predicted molar refractivity (Wildman–Crippen MR) is 68.9 cm³/mol. The van der Waals surface area contributed by atoms with Crippen molar-refractivity contribution in [1.29, 1.82) is 5.26 Å². The standard InChI is InChI=1S/C14H20N2O/c1-5-17-13-7-6-12(8-11(13)2)9-16-14(3,4)10-15/h6-8,16H,5,9H2,1-4H3. The summed E-state index contributed by atoms with van der Waals surface area (Å²) in [7, 11) is 0. The van der Waals surface area contributed by atoms with E-state index in [0.717, 1.165) is 16.9 Å². The van der Waals surface area contributed by atoms with E-state index in [1.165, 1.54) is 0 Å². The van der Waals surface area contributed by atoms with Crippen LogP contribution in [0.1, 0.15) is 31.9 Å². The first-order valence-corrected chi connectivity index (χ1v) is 5.87. The second kappa shape index (κ2) is 5.70. The third-order valence-electron chi connectivity index (χ3n) is 2.55. The zero-order valence-electron chi connectivity index (χ0n) is 11.0. The number of nitrogens with zero attached hydrogens (tertiary/aromatic N) is 1. The molecule has 0 aromatic heterocycles. The summed E-state index contributed by atoms with van der Waals surface area (Å²) in [5.74, 6) is 0.927. The molecule has 0 fully saturated rings. The lowest BCUT2D eigenvalue weighted by molar-refractivity contribution is 0.337. The Balaban J connectivity index is 2.69. The molecule has 1 rings (SSSR count). The molecule has 0 aliphatic carbocycles. The molecule has 0 aliphatic rings. The van der Waals surface area contributed by atoms with E-state index in [4.69, 9.17) is 10.00 Å². The Morgan fingerprint density at radius 2 is 2.12 bits per heavy atom. The molecule has 0 unspecified atom stereocenters. The van der Waals surface area contributed by atoms with Crippen molar-refractivity contribution >= 4 is 0 Å².